The second kappa shape index (κ2) is 6.95. The second-order valence-electron chi connectivity index (χ2n) is 4.03. The van der Waals surface area contributed by atoms with E-state index >= 15 is 0 Å². The van der Waals surface area contributed by atoms with Gasteiger partial charge in [0.2, 0.25) is 0 Å². The first-order valence-electron chi connectivity index (χ1n) is 5.40. The summed E-state index contributed by atoms with van der Waals surface area (Å²) >= 11 is 11.7. The van der Waals surface area contributed by atoms with Crippen molar-refractivity contribution in [1.82, 2.24) is 5.32 Å². The molecule has 1 unspecified atom stereocenters. The summed E-state index contributed by atoms with van der Waals surface area (Å²) in [7, 11) is 2.64. The van der Waals surface area contributed by atoms with E-state index < -0.39 is 19.9 Å². The first-order chi connectivity index (χ1) is 9.16. The third-order valence-electron chi connectivity index (χ3n) is 2.31. The Morgan fingerprint density at radius 1 is 1.40 bits per heavy atom. The van der Waals surface area contributed by atoms with Crippen molar-refractivity contribution in [3.05, 3.63) is 27.7 Å². The predicted molar refractivity (Wildman–Crippen MR) is 78.3 cm³/mol. The number of benzene rings is 1. The molecular weight excluding hydrogens is 349 g/mol. The Bertz CT molecular complexity index is 618. The Labute approximate surface area is 131 Å². The average Bonchev–Trinajstić information content (AvgIpc) is 2.30. The molecule has 1 aromatic carbocycles. The molecule has 0 saturated carbocycles. The molecule has 1 aromatic rings. The van der Waals surface area contributed by atoms with Gasteiger partial charge in [0, 0.05) is 28.9 Å². The van der Waals surface area contributed by atoms with E-state index in [1.54, 1.807) is 6.92 Å². The number of hydrogen-bond donors (Lipinski definition) is 1. The molecular formula is C11H12Cl3NO4S. The maximum absolute atomic E-state index is 12.0. The standard InChI is InChI=1S/C11H12Cl3NO4S/c1-6(5-19-2)15-11(16)8-3-7(12)4-9(10(8)13)20(14,17)18/h3-4,6H,5H2,1-2H3,(H,15,16). The lowest BCUT2D eigenvalue weighted by molar-refractivity contribution is 0.0905. The highest BCUT2D eigenvalue weighted by Gasteiger charge is 2.22. The number of carbonyl (C=O) groups is 1. The van der Waals surface area contributed by atoms with Gasteiger partial charge >= 0.3 is 0 Å². The number of rotatable bonds is 5. The summed E-state index contributed by atoms with van der Waals surface area (Å²) in [5.74, 6) is -0.566. The molecule has 0 aromatic heterocycles. The smallest absolute Gasteiger partial charge is 0.262 e. The molecule has 1 N–H and O–H groups in total. The maximum atomic E-state index is 12.0. The van der Waals surface area contributed by atoms with Crippen molar-refractivity contribution in [2.45, 2.75) is 17.9 Å². The molecule has 9 heteroatoms. The number of nitrogens with one attached hydrogen (secondary N) is 1. The lowest BCUT2D eigenvalue weighted by Crippen LogP contribution is -2.35. The summed E-state index contributed by atoms with van der Waals surface area (Å²) < 4.78 is 27.6. The van der Waals surface area contributed by atoms with Crippen LogP contribution in [0.3, 0.4) is 0 Å². The van der Waals surface area contributed by atoms with Gasteiger partial charge in [-0.15, -0.1) is 0 Å². The van der Waals surface area contributed by atoms with Gasteiger partial charge < -0.3 is 10.1 Å². The van der Waals surface area contributed by atoms with E-state index in [4.69, 9.17) is 38.6 Å². The molecule has 1 atom stereocenters. The van der Waals surface area contributed by atoms with Crippen molar-refractivity contribution in [2.24, 2.45) is 0 Å². The summed E-state index contributed by atoms with van der Waals surface area (Å²) in [5.41, 5.74) is -0.0682. The topological polar surface area (TPSA) is 72.5 Å². The highest BCUT2D eigenvalue weighted by atomic mass is 35.7. The van der Waals surface area contributed by atoms with Crippen molar-refractivity contribution in [2.75, 3.05) is 13.7 Å². The minimum absolute atomic E-state index is 0.0400. The molecule has 0 spiro atoms. The Kier molecular flexibility index (Phi) is 6.09. The van der Waals surface area contributed by atoms with Gasteiger partial charge in [0.05, 0.1) is 17.2 Å². The molecule has 112 valence electrons. The number of hydrogen-bond acceptors (Lipinski definition) is 4. The van der Waals surface area contributed by atoms with Crippen LogP contribution < -0.4 is 5.32 Å². The fourth-order valence-corrected chi connectivity index (χ4v) is 3.36. The largest absolute Gasteiger partial charge is 0.383 e. The zero-order valence-corrected chi connectivity index (χ0v) is 13.7. The van der Waals surface area contributed by atoms with Crippen LogP contribution in [-0.2, 0) is 13.8 Å². The van der Waals surface area contributed by atoms with E-state index in [-0.39, 0.29) is 21.7 Å². The first kappa shape index (κ1) is 17.5. The highest BCUT2D eigenvalue weighted by Crippen LogP contribution is 2.31. The lowest BCUT2D eigenvalue weighted by Gasteiger charge is -2.14. The highest BCUT2D eigenvalue weighted by molar-refractivity contribution is 8.13. The van der Waals surface area contributed by atoms with Crippen molar-refractivity contribution in [3.8, 4) is 0 Å². The molecule has 20 heavy (non-hydrogen) atoms. The quantitative estimate of drug-likeness (QED) is 0.819. The van der Waals surface area contributed by atoms with Gasteiger partial charge in [-0.25, -0.2) is 8.42 Å². The molecule has 0 aliphatic carbocycles. The summed E-state index contributed by atoms with van der Waals surface area (Å²) in [6.45, 7) is 2.02. The fourth-order valence-electron chi connectivity index (χ4n) is 1.50. The molecule has 0 saturated heterocycles. The number of carbonyl (C=O) groups excluding carboxylic acids is 1. The van der Waals surface area contributed by atoms with Gasteiger partial charge in [-0.3, -0.25) is 4.79 Å². The fraction of sp³-hybridized carbons (Fsp3) is 0.364. The molecule has 1 rings (SSSR count). The monoisotopic (exact) mass is 359 g/mol. The van der Waals surface area contributed by atoms with E-state index in [1.165, 1.54) is 13.2 Å². The normalized spacial score (nSPS) is 13.1. The Hall–Kier alpha value is -0.530. The van der Waals surface area contributed by atoms with Gasteiger partial charge in [0.25, 0.3) is 15.0 Å². The van der Waals surface area contributed by atoms with Gasteiger partial charge in [-0.2, -0.15) is 0 Å². The zero-order valence-electron chi connectivity index (χ0n) is 10.6. The van der Waals surface area contributed by atoms with E-state index in [9.17, 15) is 13.2 Å². The summed E-state index contributed by atoms with van der Waals surface area (Å²) in [5, 5.41) is 2.37. The average molecular weight is 361 g/mol. The van der Waals surface area contributed by atoms with Crippen molar-refractivity contribution in [1.29, 1.82) is 0 Å². The Morgan fingerprint density at radius 2 is 2.00 bits per heavy atom. The van der Waals surface area contributed by atoms with Crippen LogP contribution >= 0.6 is 33.9 Å². The van der Waals surface area contributed by atoms with Crippen LogP contribution in [0, 0.1) is 0 Å². The third-order valence-corrected chi connectivity index (χ3v) is 4.39. The minimum Gasteiger partial charge on any atom is -0.383 e. The molecule has 1 amide bonds. The van der Waals surface area contributed by atoms with Crippen LogP contribution in [0.15, 0.2) is 17.0 Å². The van der Waals surface area contributed by atoms with Crippen LogP contribution in [0.4, 0.5) is 0 Å². The SMILES string of the molecule is COCC(C)NC(=O)c1cc(Cl)cc(S(=O)(=O)Cl)c1Cl. The molecule has 0 aliphatic heterocycles. The second-order valence-corrected chi connectivity index (χ2v) is 7.38. The third kappa shape index (κ3) is 4.49. The maximum Gasteiger partial charge on any atom is 0.262 e. The van der Waals surface area contributed by atoms with Crippen molar-refractivity contribution < 1.29 is 17.9 Å². The van der Waals surface area contributed by atoms with Crippen LogP contribution in [-0.4, -0.2) is 34.1 Å². The van der Waals surface area contributed by atoms with Crippen LogP contribution in [0.2, 0.25) is 10.0 Å². The van der Waals surface area contributed by atoms with Gasteiger partial charge in [-0.05, 0) is 19.1 Å². The van der Waals surface area contributed by atoms with E-state index in [0.29, 0.717) is 6.61 Å². The summed E-state index contributed by atoms with van der Waals surface area (Å²) in [4.78, 5) is 11.6. The summed E-state index contributed by atoms with van der Waals surface area (Å²) in [6.07, 6.45) is 0. The molecule has 0 fully saturated rings. The van der Waals surface area contributed by atoms with Gasteiger partial charge in [0.1, 0.15) is 4.90 Å². The number of halogens is 3. The summed E-state index contributed by atoms with van der Waals surface area (Å²) in [6, 6.07) is 2.07. The van der Waals surface area contributed by atoms with Gasteiger partial charge in [0.15, 0.2) is 0 Å². The molecule has 0 heterocycles. The number of amides is 1. The molecule has 5 nitrogen and oxygen atoms in total. The van der Waals surface area contributed by atoms with Gasteiger partial charge in [-0.1, -0.05) is 23.2 Å². The number of methoxy groups -OCH3 is 1. The first-order valence-corrected chi connectivity index (χ1v) is 8.47. The lowest BCUT2D eigenvalue weighted by atomic mass is 10.2. The van der Waals surface area contributed by atoms with Crippen molar-refractivity contribution in [3.63, 3.8) is 0 Å². The predicted octanol–water partition coefficient (Wildman–Crippen LogP) is 2.69. The molecule has 0 aliphatic rings. The van der Waals surface area contributed by atoms with E-state index in [0.717, 1.165) is 6.07 Å². The number of ether oxygens (including phenoxy) is 1. The van der Waals surface area contributed by atoms with Crippen LogP contribution in [0.1, 0.15) is 17.3 Å². The van der Waals surface area contributed by atoms with Crippen LogP contribution in [0.25, 0.3) is 0 Å². The van der Waals surface area contributed by atoms with E-state index in [2.05, 4.69) is 5.32 Å². The van der Waals surface area contributed by atoms with E-state index in [1.807, 2.05) is 0 Å². The molecule has 0 bridgehead atoms. The van der Waals surface area contributed by atoms with Crippen molar-refractivity contribution >= 4 is 48.8 Å². The van der Waals surface area contributed by atoms with Crippen LogP contribution in [0.5, 0.6) is 0 Å². The zero-order chi connectivity index (χ0) is 15.5. The minimum atomic E-state index is -4.10. The Morgan fingerprint density at radius 3 is 2.50 bits per heavy atom. The Balaban J connectivity index is 3.19. The molecule has 0 radical (unpaired) electrons.